The van der Waals surface area contributed by atoms with Gasteiger partial charge in [0, 0.05) is 30.9 Å². The van der Waals surface area contributed by atoms with E-state index in [1.54, 1.807) is 6.07 Å². The summed E-state index contributed by atoms with van der Waals surface area (Å²) in [5, 5.41) is 16.5. The van der Waals surface area contributed by atoms with Gasteiger partial charge in [-0.05, 0) is 80.7 Å². The Morgan fingerprint density at radius 1 is 1.09 bits per heavy atom. The van der Waals surface area contributed by atoms with Gasteiger partial charge in [0.2, 0.25) is 5.95 Å². The largest absolute Gasteiger partial charge is 0.508 e. The van der Waals surface area contributed by atoms with E-state index in [1.165, 1.54) is 24.0 Å². The number of hydrogen-bond donors (Lipinski definition) is 3. The maximum atomic E-state index is 9.69. The Labute approximate surface area is 197 Å². The molecule has 6 heteroatoms. The van der Waals surface area contributed by atoms with E-state index in [-0.39, 0.29) is 0 Å². The van der Waals surface area contributed by atoms with Crippen LogP contribution in [0.5, 0.6) is 5.75 Å². The maximum Gasteiger partial charge on any atom is 0.223 e. The minimum atomic E-state index is 0.336. The third-order valence-electron chi connectivity index (χ3n) is 6.45. The first-order valence-corrected chi connectivity index (χ1v) is 12.0. The lowest BCUT2D eigenvalue weighted by Gasteiger charge is -2.34. The number of rotatable bonds is 9. The SMILES string of the molecule is CCN(Cc1cccc(-c2ccnc(NCCc3ccc(O)c(C)c3)n2)c1)C1CCNCC1. The molecular weight excluding hydrogens is 410 g/mol. The zero-order valence-corrected chi connectivity index (χ0v) is 19.7. The van der Waals surface area contributed by atoms with Gasteiger partial charge >= 0.3 is 0 Å². The molecular formula is C27H35N5O. The van der Waals surface area contributed by atoms with Crippen molar-refractivity contribution in [1.29, 1.82) is 0 Å². The molecule has 0 bridgehead atoms. The zero-order valence-electron chi connectivity index (χ0n) is 19.7. The average Bonchev–Trinajstić information content (AvgIpc) is 2.86. The van der Waals surface area contributed by atoms with Crippen LogP contribution in [0.15, 0.2) is 54.7 Å². The molecule has 3 aromatic rings. The summed E-state index contributed by atoms with van der Waals surface area (Å²) in [4.78, 5) is 11.7. The van der Waals surface area contributed by atoms with Gasteiger partial charge in [-0.25, -0.2) is 9.97 Å². The lowest BCUT2D eigenvalue weighted by molar-refractivity contribution is 0.162. The summed E-state index contributed by atoms with van der Waals surface area (Å²) >= 11 is 0. The summed E-state index contributed by atoms with van der Waals surface area (Å²) in [6.45, 7) is 9.17. The fourth-order valence-corrected chi connectivity index (χ4v) is 4.53. The molecule has 0 amide bonds. The average molecular weight is 446 g/mol. The predicted octanol–water partition coefficient (Wildman–Crippen LogP) is 4.39. The van der Waals surface area contributed by atoms with Crippen LogP contribution < -0.4 is 10.6 Å². The fourth-order valence-electron chi connectivity index (χ4n) is 4.53. The second-order valence-corrected chi connectivity index (χ2v) is 8.81. The van der Waals surface area contributed by atoms with Crippen molar-refractivity contribution in [2.24, 2.45) is 0 Å². The highest BCUT2D eigenvalue weighted by atomic mass is 16.3. The van der Waals surface area contributed by atoms with Crippen molar-refractivity contribution in [3.05, 3.63) is 71.4 Å². The van der Waals surface area contributed by atoms with Crippen molar-refractivity contribution in [3.8, 4) is 17.0 Å². The number of hydrogen-bond acceptors (Lipinski definition) is 6. The summed E-state index contributed by atoms with van der Waals surface area (Å²) in [5.74, 6) is 0.973. The molecule has 0 spiro atoms. The van der Waals surface area contributed by atoms with Crippen LogP contribution >= 0.6 is 0 Å². The van der Waals surface area contributed by atoms with E-state index >= 15 is 0 Å². The molecule has 1 aromatic heterocycles. The molecule has 0 aliphatic carbocycles. The highest BCUT2D eigenvalue weighted by Gasteiger charge is 2.19. The molecule has 0 unspecified atom stereocenters. The van der Waals surface area contributed by atoms with Crippen molar-refractivity contribution < 1.29 is 5.11 Å². The number of nitrogens with zero attached hydrogens (tertiary/aromatic N) is 3. The van der Waals surface area contributed by atoms with Gasteiger partial charge < -0.3 is 15.7 Å². The van der Waals surface area contributed by atoms with Crippen LogP contribution in [0.25, 0.3) is 11.3 Å². The molecule has 0 saturated carbocycles. The first-order valence-electron chi connectivity index (χ1n) is 12.0. The van der Waals surface area contributed by atoms with Gasteiger partial charge in [0.15, 0.2) is 0 Å². The lowest BCUT2D eigenvalue weighted by atomic mass is 10.0. The second kappa shape index (κ2) is 11.3. The van der Waals surface area contributed by atoms with E-state index in [4.69, 9.17) is 4.98 Å². The van der Waals surface area contributed by atoms with Gasteiger partial charge in [-0.15, -0.1) is 0 Å². The summed E-state index contributed by atoms with van der Waals surface area (Å²) in [6.07, 6.45) is 5.10. The predicted molar refractivity (Wildman–Crippen MR) is 134 cm³/mol. The van der Waals surface area contributed by atoms with Gasteiger partial charge in [-0.2, -0.15) is 0 Å². The molecule has 3 N–H and O–H groups in total. The van der Waals surface area contributed by atoms with Crippen LogP contribution in [0.3, 0.4) is 0 Å². The van der Waals surface area contributed by atoms with Crippen molar-refractivity contribution in [2.75, 3.05) is 31.5 Å². The van der Waals surface area contributed by atoms with Gasteiger partial charge in [-0.3, -0.25) is 4.90 Å². The van der Waals surface area contributed by atoms with E-state index in [1.807, 2.05) is 31.3 Å². The molecule has 2 heterocycles. The number of nitrogens with one attached hydrogen (secondary N) is 2. The van der Waals surface area contributed by atoms with Crippen LogP contribution in [-0.4, -0.2) is 52.2 Å². The molecule has 0 radical (unpaired) electrons. The zero-order chi connectivity index (χ0) is 23.0. The molecule has 2 aromatic carbocycles. The Hall–Kier alpha value is -2.96. The normalized spacial score (nSPS) is 14.5. The van der Waals surface area contributed by atoms with Gasteiger partial charge in [0.1, 0.15) is 5.75 Å². The van der Waals surface area contributed by atoms with Crippen LogP contribution in [-0.2, 0) is 13.0 Å². The summed E-state index contributed by atoms with van der Waals surface area (Å²) in [5.41, 5.74) is 5.44. The first-order chi connectivity index (χ1) is 16.1. The van der Waals surface area contributed by atoms with E-state index in [0.29, 0.717) is 17.7 Å². The minimum Gasteiger partial charge on any atom is -0.508 e. The molecule has 0 atom stereocenters. The molecule has 1 aliphatic heterocycles. The van der Waals surface area contributed by atoms with Crippen LogP contribution in [0.1, 0.15) is 36.5 Å². The number of benzene rings is 2. The van der Waals surface area contributed by atoms with Crippen molar-refractivity contribution in [2.45, 2.75) is 45.7 Å². The topological polar surface area (TPSA) is 73.3 Å². The van der Waals surface area contributed by atoms with E-state index in [0.717, 1.165) is 56.0 Å². The van der Waals surface area contributed by atoms with Crippen molar-refractivity contribution in [3.63, 3.8) is 0 Å². The number of piperidine rings is 1. The quantitative estimate of drug-likeness (QED) is 0.454. The number of anilines is 1. The number of aromatic nitrogens is 2. The fraction of sp³-hybridized carbons (Fsp3) is 0.407. The van der Waals surface area contributed by atoms with E-state index < -0.39 is 0 Å². The smallest absolute Gasteiger partial charge is 0.223 e. The van der Waals surface area contributed by atoms with E-state index in [2.05, 4.69) is 51.7 Å². The van der Waals surface area contributed by atoms with Gasteiger partial charge in [0.25, 0.3) is 0 Å². The Bertz CT molecular complexity index is 1050. The second-order valence-electron chi connectivity index (χ2n) is 8.81. The molecule has 1 saturated heterocycles. The van der Waals surface area contributed by atoms with Gasteiger partial charge in [-0.1, -0.05) is 37.3 Å². The summed E-state index contributed by atoms with van der Waals surface area (Å²) < 4.78 is 0. The molecule has 1 fully saturated rings. The molecule has 33 heavy (non-hydrogen) atoms. The lowest BCUT2D eigenvalue weighted by Crippen LogP contribution is -2.42. The van der Waals surface area contributed by atoms with Gasteiger partial charge in [0.05, 0.1) is 5.69 Å². The maximum absolute atomic E-state index is 9.69. The van der Waals surface area contributed by atoms with Crippen molar-refractivity contribution in [1.82, 2.24) is 20.2 Å². The first kappa shape index (κ1) is 23.2. The number of aryl methyl sites for hydroxylation is 1. The number of phenols is 1. The summed E-state index contributed by atoms with van der Waals surface area (Å²) in [6, 6.07) is 17.1. The minimum absolute atomic E-state index is 0.336. The molecule has 174 valence electrons. The Morgan fingerprint density at radius 2 is 1.94 bits per heavy atom. The Balaban J connectivity index is 1.39. The van der Waals surface area contributed by atoms with Crippen LogP contribution in [0.2, 0.25) is 0 Å². The Kier molecular flexibility index (Phi) is 7.92. The van der Waals surface area contributed by atoms with E-state index in [9.17, 15) is 5.11 Å². The van der Waals surface area contributed by atoms with Crippen LogP contribution in [0, 0.1) is 6.92 Å². The summed E-state index contributed by atoms with van der Waals surface area (Å²) in [7, 11) is 0. The third kappa shape index (κ3) is 6.30. The molecule has 4 rings (SSSR count). The third-order valence-corrected chi connectivity index (χ3v) is 6.45. The highest BCUT2D eigenvalue weighted by molar-refractivity contribution is 5.61. The van der Waals surface area contributed by atoms with Crippen LogP contribution in [0.4, 0.5) is 5.95 Å². The monoisotopic (exact) mass is 445 g/mol. The Morgan fingerprint density at radius 3 is 2.73 bits per heavy atom. The van der Waals surface area contributed by atoms with Crippen molar-refractivity contribution >= 4 is 5.95 Å². The molecule has 1 aliphatic rings. The highest BCUT2D eigenvalue weighted by Crippen LogP contribution is 2.22. The molecule has 6 nitrogen and oxygen atoms in total. The standard InChI is InChI=1S/C27H35N5O/c1-3-32(24-10-13-28-14-11-24)19-22-5-4-6-23(18-22)25-12-16-30-27(31-25)29-15-9-21-7-8-26(33)20(2)17-21/h4-8,12,16-18,24,28,33H,3,9-11,13-15,19H2,1-2H3,(H,29,30,31). The number of aromatic hydroxyl groups is 1. The number of phenolic OH excluding ortho intramolecular Hbond substituents is 1.